The summed E-state index contributed by atoms with van der Waals surface area (Å²) in [6, 6.07) is 5.78. The molecule has 0 atom stereocenters. The van der Waals surface area contributed by atoms with E-state index in [1.165, 1.54) is 0 Å². The molecule has 16 heavy (non-hydrogen) atoms. The maximum Gasteiger partial charge on any atom is 0.317 e. The molecule has 0 spiro atoms. The molecule has 0 saturated heterocycles. The number of carboxylic acids is 1. The molecule has 0 radical (unpaired) electrons. The molecular formula is C11H13N3O2. The standard InChI is InChI=1S/C11H13N3O2/c1-8-9(6-12-7-11(15)16)14-5-3-2-4-10(14)13-8/h2-5,12H,6-7H2,1H3,(H,15,16). The Kier molecular flexibility index (Phi) is 2.87. The molecule has 0 aliphatic heterocycles. The van der Waals surface area contributed by atoms with Crippen LogP contribution in [0, 0.1) is 6.92 Å². The SMILES string of the molecule is Cc1nc2ccccn2c1CNCC(=O)O. The van der Waals surface area contributed by atoms with Gasteiger partial charge in [-0.15, -0.1) is 0 Å². The first-order chi connectivity index (χ1) is 7.68. The van der Waals surface area contributed by atoms with Crippen molar-refractivity contribution < 1.29 is 9.90 Å². The summed E-state index contributed by atoms with van der Waals surface area (Å²) in [6.45, 7) is 2.38. The zero-order valence-corrected chi connectivity index (χ0v) is 8.97. The van der Waals surface area contributed by atoms with Crippen molar-refractivity contribution in [2.75, 3.05) is 6.54 Å². The van der Waals surface area contributed by atoms with E-state index < -0.39 is 5.97 Å². The summed E-state index contributed by atoms with van der Waals surface area (Å²) in [5, 5.41) is 11.4. The summed E-state index contributed by atoms with van der Waals surface area (Å²) in [5.41, 5.74) is 2.80. The molecule has 0 bridgehead atoms. The van der Waals surface area contributed by atoms with Gasteiger partial charge in [0, 0.05) is 12.7 Å². The summed E-state index contributed by atoms with van der Waals surface area (Å²) in [7, 11) is 0. The number of aryl methyl sites for hydroxylation is 1. The van der Waals surface area contributed by atoms with E-state index in [2.05, 4.69) is 10.3 Å². The fourth-order valence-corrected chi connectivity index (χ4v) is 1.67. The van der Waals surface area contributed by atoms with Gasteiger partial charge in [-0.25, -0.2) is 4.98 Å². The highest BCUT2D eigenvalue weighted by Crippen LogP contribution is 2.10. The third kappa shape index (κ3) is 2.04. The number of aliphatic carboxylic acids is 1. The number of rotatable bonds is 4. The highest BCUT2D eigenvalue weighted by molar-refractivity contribution is 5.69. The molecule has 2 aromatic rings. The van der Waals surface area contributed by atoms with Gasteiger partial charge in [0.25, 0.3) is 0 Å². The Morgan fingerprint density at radius 1 is 1.56 bits per heavy atom. The smallest absolute Gasteiger partial charge is 0.317 e. The van der Waals surface area contributed by atoms with E-state index in [0.717, 1.165) is 17.0 Å². The quantitative estimate of drug-likeness (QED) is 0.798. The molecule has 0 aliphatic carbocycles. The largest absolute Gasteiger partial charge is 0.480 e. The van der Waals surface area contributed by atoms with Crippen molar-refractivity contribution in [3.63, 3.8) is 0 Å². The Hall–Kier alpha value is -1.88. The molecule has 0 aromatic carbocycles. The fraction of sp³-hybridized carbons (Fsp3) is 0.273. The Balaban J connectivity index is 2.22. The monoisotopic (exact) mass is 219 g/mol. The molecule has 2 rings (SSSR count). The second-order valence-corrected chi connectivity index (χ2v) is 3.57. The number of hydrogen-bond acceptors (Lipinski definition) is 3. The van der Waals surface area contributed by atoms with Gasteiger partial charge >= 0.3 is 5.97 Å². The predicted octanol–water partition coefficient (Wildman–Crippen LogP) is 0.817. The molecule has 2 heterocycles. The summed E-state index contributed by atoms with van der Waals surface area (Å²) in [4.78, 5) is 14.8. The normalized spacial score (nSPS) is 10.8. The highest BCUT2D eigenvalue weighted by Gasteiger charge is 2.07. The van der Waals surface area contributed by atoms with E-state index in [1.807, 2.05) is 35.7 Å². The van der Waals surface area contributed by atoms with Crippen molar-refractivity contribution in [3.05, 3.63) is 35.8 Å². The molecule has 5 nitrogen and oxygen atoms in total. The zero-order valence-electron chi connectivity index (χ0n) is 8.97. The number of hydrogen-bond donors (Lipinski definition) is 2. The van der Waals surface area contributed by atoms with Gasteiger partial charge in [0.2, 0.25) is 0 Å². The average molecular weight is 219 g/mol. The zero-order chi connectivity index (χ0) is 11.5. The van der Waals surface area contributed by atoms with Crippen molar-refractivity contribution in [3.8, 4) is 0 Å². The van der Waals surface area contributed by atoms with Gasteiger partial charge in [-0.2, -0.15) is 0 Å². The van der Waals surface area contributed by atoms with Crippen LogP contribution in [-0.2, 0) is 11.3 Å². The van der Waals surface area contributed by atoms with Crippen molar-refractivity contribution in [2.24, 2.45) is 0 Å². The third-order valence-electron chi connectivity index (χ3n) is 2.40. The van der Waals surface area contributed by atoms with Crippen LogP contribution in [0.4, 0.5) is 0 Å². The maximum atomic E-state index is 10.4. The Morgan fingerprint density at radius 3 is 3.12 bits per heavy atom. The van der Waals surface area contributed by atoms with E-state index >= 15 is 0 Å². The van der Waals surface area contributed by atoms with Gasteiger partial charge in [-0.3, -0.25) is 4.79 Å². The van der Waals surface area contributed by atoms with E-state index in [1.54, 1.807) is 0 Å². The molecule has 0 unspecified atom stereocenters. The van der Waals surface area contributed by atoms with Crippen LogP contribution in [0.3, 0.4) is 0 Å². The lowest BCUT2D eigenvalue weighted by molar-refractivity contribution is -0.136. The lowest BCUT2D eigenvalue weighted by Gasteiger charge is -2.03. The molecule has 0 aliphatic rings. The van der Waals surface area contributed by atoms with Crippen LogP contribution < -0.4 is 5.32 Å². The number of imidazole rings is 1. The highest BCUT2D eigenvalue weighted by atomic mass is 16.4. The van der Waals surface area contributed by atoms with E-state index in [0.29, 0.717) is 6.54 Å². The lowest BCUT2D eigenvalue weighted by Crippen LogP contribution is -2.22. The molecule has 5 heteroatoms. The summed E-state index contributed by atoms with van der Waals surface area (Å²) in [6.07, 6.45) is 1.92. The summed E-state index contributed by atoms with van der Waals surface area (Å²) >= 11 is 0. The molecule has 0 fully saturated rings. The van der Waals surface area contributed by atoms with Crippen molar-refractivity contribution in [1.29, 1.82) is 0 Å². The van der Waals surface area contributed by atoms with Gasteiger partial charge in [0.05, 0.1) is 17.9 Å². The van der Waals surface area contributed by atoms with Gasteiger partial charge in [0.1, 0.15) is 5.65 Å². The summed E-state index contributed by atoms with van der Waals surface area (Å²) < 4.78 is 1.96. The molecule has 0 saturated carbocycles. The number of carbonyl (C=O) groups is 1. The number of nitrogens with one attached hydrogen (secondary N) is 1. The second kappa shape index (κ2) is 4.32. The Labute approximate surface area is 92.7 Å². The van der Waals surface area contributed by atoms with Crippen LogP contribution in [0.25, 0.3) is 5.65 Å². The van der Waals surface area contributed by atoms with Crippen LogP contribution in [-0.4, -0.2) is 27.0 Å². The first-order valence-electron chi connectivity index (χ1n) is 5.03. The van der Waals surface area contributed by atoms with E-state index in [9.17, 15) is 4.79 Å². The molecule has 2 aromatic heterocycles. The van der Waals surface area contributed by atoms with Crippen molar-refractivity contribution in [1.82, 2.24) is 14.7 Å². The van der Waals surface area contributed by atoms with Gasteiger partial charge in [0.15, 0.2) is 0 Å². The Bertz CT molecular complexity index is 519. The van der Waals surface area contributed by atoms with Crippen molar-refractivity contribution >= 4 is 11.6 Å². The van der Waals surface area contributed by atoms with Gasteiger partial charge < -0.3 is 14.8 Å². The first-order valence-corrected chi connectivity index (χ1v) is 5.03. The van der Waals surface area contributed by atoms with E-state index in [4.69, 9.17) is 5.11 Å². The topological polar surface area (TPSA) is 66.6 Å². The van der Waals surface area contributed by atoms with Gasteiger partial charge in [-0.1, -0.05) is 6.07 Å². The number of pyridine rings is 1. The molecule has 84 valence electrons. The minimum atomic E-state index is -0.855. The minimum Gasteiger partial charge on any atom is -0.480 e. The second-order valence-electron chi connectivity index (χ2n) is 3.57. The van der Waals surface area contributed by atoms with Crippen LogP contribution >= 0.6 is 0 Å². The van der Waals surface area contributed by atoms with Crippen molar-refractivity contribution in [2.45, 2.75) is 13.5 Å². The number of nitrogens with zero attached hydrogens (tertiary/aromatic N) is 2. The number of aromatic nitrogens is 2. The number of fused-ring (bicyclic) bond motifs is 1. The van der Waals surface area contributed by atoms with Crippen LogP contribution in [0.2, 0.25) is 0 Å². The number of carboxylic acid groups (broad SMARTS) is 1. The minimum absolute atomic E-state index is 0.0422. The molecule has 0 amide bonds. The lowest BCUT2D eigenvalue weighted by atomic mass is 10.3. The fourth-order valence-electron chi connectivity index (χ4n) is 1.67. The van der Waals surface area contributed by atoms with Crippen LogP contribution in [0.1, 0.15) is 11.4 Å². The predicted molar refractivity (Wildman–Crippen MR) is 59.3 cm³/mol. The maximum absolute atomic E-state index is 10.4. The van der Waals surface area contributed by atoms with E-state index in [-0.39, 0.29) is 6.54 Å². The first kappa shape index (κ1) is 10.6. The van der Waals surface area contributed by atoms with Crippen LogP contribution in [0.5, 0.6) is 0 Å². The van der Waals surface area contributed by atoms with Crippen LogP contribution in [0.15, 0.2) is 24.4 Å². The summed E-state index contributed by atoms with van der Waals surface area (Å²) in [5.74, 6) is -0.855. The molecule has 2 N–H and O–H groups in total. The third-order valence-corrected chi connectivity index (χ3v) is 2.40. The van der Waals surface area contributed by atoms with Gasteiger partial charge in [-0.05, 0) is 19.1 Å². The molecular weight excluding hydrogens is 206 g/mol. The Morgan fingerprint density at radius 2 is 2.38 bits per heavy atom. The average Bonchev–Trinajstić information content (AvgIpc) is 2.55.